The first-order valence-electron chi connectivity index (χ1n) is 9.51. The second-order valence-corrected chi connectivity index (χ2v) is 7.67. The van der Waals surface area contributed by atoms with Crippen LogP contribution in [0.15, 0.2) is 48.5 Å². The number of fused-ring (bicyclic) bond motifs is 2. The molecule has 2 saturated heterocycles. The van der Waals surface area contributed by atoms with Crippen LogP contribution in [0.25, 0.3) is 0 Å². The molecule has 0 aromatic heterocycles. The van der Waals surface area contributed by atoms with E-state index < -0.39 is 0 Å². The molecule has 0 saturated carbocycles. The van der Waals surface area contributed by atoms with E-state index >= 15 is 0 Å². The van der Waals surface area contributed by atoms with Crippen LogP contribution in [0.2, 0.25) is 0 Å². The summed E-state index contributed by atoms with van der Waals surface area (Å²) in [5.74, 6) is 0.322. The summed E-state index contributed by atoms with van der Waals surface area (Å²) in [6, 6.07) is 19.3. The third-order valence-electron chi connectivity index (χ3n) is 6.18. The lowest BCUT2D eigenvalue weighted by molar-refractivity contribution is 0.0677. The predicted octanol–water partition coefficient (Wildman–Crippen LogP) is 4.49. The zero-order chi connectivity index (χ0) is 18.1. The second-order valence-electron chi connectivity index (χ2n) is 7.67. The first-order valence-corrected chi connectivity index (χ1v) is 9.51. The van der Waals surface area contributed by atoms with E-state index in [9.17, 15) is 10.1 Å². The number of piperidine rings is 1. The van der Waals surface area contributed by atoms with Crippen molar-refractivity contribution in [3.8, 4) is 6.07 Å². The molecule has 0 spiro atoms. The summed E-state index contributed by atoms with van der Waals surface area (Å²) in [4.78, 5) is 15.8. The van der Waals surface area contributed by atoms with Gasteiger partial charge in [-0.05, 0) is 49.8 Å². The van der Waals surface area contributed by atoms with E-state index in [4.69, 9.17) is 0 Å². The Bertz CT molecular complexity index is 838. The number of benzene rings is 2. The Morgan fingerprint density at radius 3 is 2.42 bits per heavy atom. The summed E-state index contributed by atoms with van der Waals surface area (Å²) in [5, 5.41) is 9.24. The fraction of sp³-hybridized carbons (Fsp3) is 0.391. The third kappa shape index (κ3) is 3.06. The van der Waals surface area contributed by atoms with Gasteiger partial charge in [0.05, 0.1) is 11.6 Å². The molecule has 0 aliphatic carbocycles. The quantitative estimate of drug-likeness (QED) is 0.768. The van der Waals surface area contributed by atoms with Crippen LogP contribution in [-0.2, 0) is 6.54 Å². The monoisotopic (exact) mass is 344 g/mol. The molecule has 3 nitrogen and oxygen atoms in total. The van der Waals surface area contributed by atoms with Crippen molar-refractivity contribution in [3.63, 3.8) is 0 Å². The first-order chi connectivity index (χ1) is 12.7. The van der Waals surface area contributed by atoms with Gasteiger partial charge in [-0.3, -0.25) is 9.69 Å². The van der Waals surface area contributed by atoms with Crippen molar-refractivity contribution < 1.29 is 4.79 Å². The third-order valence-corrected chi connectivity index (χ3v) is 6.18. The molecule has 2 bridgehead atoms. The van der Waals surface area contributed by atoms with Crippen molar-refractivity contribution in [2.24, 2.45) is 5.92 Å². The first kappa shape index (κ1) is 17.0. The number of ketones is 1. The van der Waals surface area contributed by atoms with Crippen LogP contribution < -0.4 is 0 Å². The van der Waals surface area contributed by atoms with Gasteiger partial charge in [0.2, 0.25) is 0 Å². The van der Waals surface area contributed by atoms with Gasteiger partial charge in [-0.15, -0.1) is 0 Å². The minimum absolute atomic E-state index is 0.0900. The minimum atomic E-state index is 0.0900. The van der Waals surface area contributed by atoms with Crippen LogP contribution in [-0.4, -0.2) is 22.8 Å². The molecule has 0 N–H and O–H groups in total. The Morgan fingerprint density at radius 1 is 1.08 bits per heavy atom. The number of rotatable bonds is 4. The average Bonchev–Trinajstić information content (AvgIpc) is 2.90. The van der Waals surface area contributed by atoms with Crippen molar-refractivity contribution in [1.82, 2.24) is 4.90 Å². The minimum Gasteiger partial charge on any atom is -0.294 e. The molecule has 2 fully saturated rings. The predicted molar refractivity (Wildman–Crippen MR) is 102 cm³/mol. The van der Waals surface area contributed by atoms with Crippen LogP contribution in [0, 0.1) is 24.2 Å². The number of nitriles is 1. The topological polar surface area (TPSA) is 44.1 Å². The zero-order valence-corrected chi connectivity index (χ0v) is 15.2. The SMILES string of the molecule is Cc1c(C#N)cccc1C(=O)C1CC2CCC(C1)N2Cc1ccccc1. The fourth-order valence-corrected chi connectivity index (χ4v) is 4.78. The maximum atomic E-state index is 13.1. The fourth-order valence-electron chi connectivity index (χ4n) is 4.78. The van der Waals surface area contributed by atoms with Gasteiger partial charge >= 0.3 is 0 Å². The molecule has 2 aliphatic heterocycles. The highest BCUT2D eigenvalue weighted by Crippen LogP contribution is 2.41. The Kier molecular flexibility index (Phi) is 4.61. The van der Waals surface area contributed by atoms with Crippen molar-refractivity contribution in [2.75, 3.05) is 0 Å². The van der Waals surface area contributed by atoms with Crippen LogP contribution in [0.1, 0.15) is 52.7 Å². The van der Waals surface area contributed by atoms with Crippen LogP contribution in [0.4, 0.5) is 0 Å². The summed E-state index contributed by atoms with van der Waals surface area (Å²) in [6.45, 7) is 2.88. The number of hydrogen-bond acceptors (Lipinski definition) is 3. The van der Waals surface area contributed by atoms with Crippen molar-refractivity contribution in [3.05, 3.63) is 70.8 Å². The van der Waals surface area contributed by atoms with Crippen molar-refractivity contribution >= 4 is 5.78 Å². The van der Waals surface area contributed by atoms with Gasteiger partial charge in [0.25, 0.3) is 0 Å². The molecule has 2 heterocycles. The van der Waals surface area contributed by atoms with E-state index in [0.29, 0.717) is 17.6 Å². The number of carbonyl (C=O) groups excluding carboxylic acids is 1. The number of carbonyl (C=O) groups is 1. The molecule has 2 aromatic carbocycles. The highest BCUT2D eigenvalue weighted by molar-refractivity contribution is 5.99. The van der Waals surface area contributed by atoms with Gasteiger partial charge in [0.1, 0.15) is 0 Å². The Labute approximate surface area is 155 Å². The van der Waals surface area contributed by atoms with Gasteiger partial charge in [0.15, 0.2) is 5.78 Å². The summed E-state index contributed by atoms with van der Waals surface area (Å²) in [6.07, 6.45) is 4.27. The van der Waals surface area contributed by atoms with E-state index in [1.807, 2.05) is 19.1 Å². The van der Waals surface area contributed by atoms with E-state index in [1.54, 1.807) is 6.07 Å². The molecular formula is C23H24N2O. The molecule has 3 heteroatoms. The molecule has 26 heavy (non-hydrogen) atoms. The lowest BCUT2D eigenvalue weighted by Crippen LogP contribution is -2.44. The van der Waals surface area contributed by atoms with Gasteiger partial charge in [-0.2, -0.15) is 5.26 Å². The molecular weight excluding hydrogens is 320 g/mol. The number of nitrogens with zero attached hydrogens (tertiary/aromatic N) is 2. The van der Waals surface area contributed by atoms with E-state index in [2.05, 4.69) is 41.3 Å². The molecule has 0 amide bonds. The lowest BCUT2D eigenvalue weighted by atomic mass is 9.83. The zero-order valence-electron chi connectivity index (χ0n) is 15.2. The summed E-state index contributed by atoms with van der Waals surface area (Å²) < 4.78 is 0. The van der Waals surface area contributed by atoms with Crippen LogP contribution in [0.5, 0.6) is 0 Å². The van der Waals surface area contributed by atoms with Crippen LogP contribution in [0.3, 0.4) is 0 Å². The highest BCUT2D eigenvalue weighted by Gasteiger charge is 2.42. The smallest absolute Gasteiger partial charge is 0.166 e. The number of Topliss-reactive ketones (excluding diaryl/α,β-unsaturated/α-hetero) is 1. The Balaban J connectivity index is 1.51. The van der Waals surface area contributed by atoms with Crippen LogP contribution >= 0.6 is 0 Å². The molecule has 2 unspecified atom stereocenters. The summed E-state index contributed by atoms with van der Waals surface area (Å²) in [5.41, 5.74) is 3.54. The molecule has 132 valence electrons. The molecule has 2 aliphatic rings. The molecule has 2 aromatic rings. The van der Waals surface area contributed by atoms with Gasteiger partial charge in [-0.1, -0.05) is 42.5 Å². The largest absolute Gasteiger partial charge is 0.294 e. The number of hydrogen-bond donors (Lipinski definition) is 0. The molecule has 2 atom stereocenters. The maximum Gasteiger partial charge on any atom is 0.166 e. The standard InChI is InChI=1S/C23H24N2O/c1-16-18(14-24)8-5-9-22(16)23(26)19-12-20-10-11-21(13-19)25(20)15-17-6-3-2-4-7-17/h2-9,19-21H,10-13,15H2,1H3. The van der Waals surface area contributed by atoms with E-state index in [1.165, 1.54) is 18.4 Å². The van der Waals surface area contributed by atoms with Gasteiger partial charge in [0, 0.05) is 30.1 Å². The lowest BCUT2D eigenvalue weighted by Gasteiger charge is -2.38. The average molecular weight is 344 g/mol. The summed E-state index contributed by atoms with van der Waals surface area (Å²) >= 11 is 0. The highest BCUT2D eigenvalue weighted by atomic mass is 16.1. The molecule has 0 radical (unpaired) electrons. The van der Waals surface area contributed by atoms with Gasteiger partial charge < -0.3 is 0 Å². The van der Waals surface area contributed by atoms with Gasteiger partial charge in [-0.25, -0.2) is 0 Å². The van der Waals surface area contributed by atoms with E-state index in [0.717, 1.165) is 30.5 Å². The van der Waals surface area contributed by atoms with Crippen molar-refractivity contribution in [1.29, 1.82) is 5.26 Å². The Morgan fingerprint density at radius 2 is 1.77 bits per heavy atom. The normalized spacial score (nSPS) is 25.0. The maximum absolute atomic E-state index is 13.1. The van der Waals surface area contributed by atoms with Crippen molar-refractivity contribution in [2.45, 2.75) is 51.2 Å². The van der Waals surface area contributed by atoms with E-state index in [-0.39, 0.29) is 11.7 Å². The second kappa shape index (κ2) is 7.05. The summed E-state index contributed by atoms with van der Waals surface area (Å²) in [7, 11) is 0. The molecule has 4 rings (SSSR count). The Hall–Kier alpha value is -2.44.